The minimum absolute atomic E-state index is 0.186. The number of amides is 1. The minimum atomic E-state index is -1.45. The first-order chi connectivity index (χ1) is 9.06. The summed E-state index contributed by atoms with van der Waals surface area (Å²) in [7, 11) is 1.49. The number of halogens is 1. The van der Waals surface area contributed by atoms with Crippen molar-refractivity contribution in [3.8, 4) is 5.75 Å². The summed E-state index contributed by atoms with van der Waals surface area (Å²) in [6.45, 7) is 0.271. The Bertz CT molecular complexity index is 463. The summed E-state index contributed by atoms with van der Waals surface area (Å²) in [4.78, 5) is 22.2. The van der Waals surface area contributed by atoms with Gasteiger partial charge in [0.25, 0.3) is 5.91 Å². The van der Waals surface area contributed by atoms with Gasteiger partial charge in [0.15, 0.2) is 6.61 Å². The molecule has 0 aliphatic heterocycles. The summed E-state index contributed by atoms with van der Waals surface area (Å²) in [6, 6.07) is 3.60. The Morgan fingerprint density at radius 2 is 2.16 bits per heavy atom. The van der Waals surface area contributed by atoms with Crippen molar-refractivity contribution in [1.82, 2.24) is 5.32 Å². The van der Waals surface area contributed by atoms with Gasteiger partial charge in [-0.3, -0.25) is 4.79 Å². The second kappa shape index (κ2) is 7.32. The van der Waals surface area contributed by atoms with Crippen molar-refractivity contribution in [3.63, 3.8) is 0 Å². The van der Waals surface area contributed by atoms with E-state index < -0.39 is 29.9 Å². The second-order valence-electron chi connectivity index (χ2n) is 3.55. The highest BCUT2D eigenvalue weighted by molar-refractivity contribution is 5.91. The van der Waals surface area contributed by atoms with E-state index in [1.54, 1.807) is 0 Å². The van der Waals surface area contributed by atoms with Crippen LogP contribution in [-0.4, -0.2) is 43.9 Å². The summed E-state index contributed by atoms with van der Waals surface area (Å²) < 4.78 is 23.0. The summed E-state index contributed by atoms with van der Waals surface area (Å²) in [5, 5.41) is 11.3. The fourth-order valence-electron chi connectivity index (χ4n) is 1.32. The molecule has 1 amide bonds. The number of hydrogen-bond donors (Lipinski definition) is 2. The smallest absolute Gasteiger partial charge is 0.342 e. The van der Waals surface area contributed by atoms with Crippen LogP contribution in [0.25, 0.3) is 0 Å². The van der Waals surface area contributed by atoms with Gasteiger partial charge in [0.05, 0.1) is 6.61 Å². The quantitative estimate of drug-likeness (QED) is 0.712. The molecule has 1 aromatic carbocycles. The number of methoxy groups -OCH3 is 1. The van der Waals surface area contributed by atoms with Crippen LogP contribution < -0.4 is 10.1 Å². The number of benzene rings is 1. The Labute approximate surface area is 109 Å². The van der Waals surface area contributed by atoms with E-state index in [1.165, 1.54) is 19.2 Å². The number of nitrogens with one attached hydrogen (secondary N) is 1. The van der Waals surface area contributed by atoms with Crippen LogP contribution in [0.4, 0.5) is 4.39 Å². The van der Waals surface area contributed by atoms with Gasteiger partial charge in [0.1, 0.15) is 17.1 Å². The molecule has 0 spiro atoms. The normalized spacial score (nSPS) is 10.0. The first kappa shape index (κ1) is 14.9. The van der Waals surface area contributed by atoms with Gasteiger partial charge in [-0.25, -0.2) is 9.18 Å². The van der Waals surface area contributed by atoms with E-state index in [2.05, 4.69) is 5.32 Å². The van der Waals surface area contributed by atoms with Gasteiger partial charge in [-0.05, 0) is 12.1 Å². The van der Waals surface area contributed by atoms with Crippen molar-refractivity contribution < 1.29 is 28.6 Å². The SMILES string of the molecule is COCCNC(=O)COc1cccc(F)c1C(=O)O. The molecule has 104 valence electrons. The zero-order valence-corrected chi connectivity index (χ0v) is 10.3. The molecule has 0 saturated carbocycles. The van der Waals surface area contributed by atoms with Crippen molar-refractivity contribution in [3.05, 3.63) is 29.6 Å². The van der Waals surface area contributed by atoms with Crippen LogP contribution >= 0.6 is 0 Å². The average molecular weight is 271 g/mol. The zero-order chi connectivity index (χ0) is 14.3. The Hall–Kier alpha value is -2.15. The molecule has 0 unspecified atom stereocenters. The number of aromatic carboxylic acids is 1. The van der Waals surface area contributed by atoms with Gasteiger partial charge in [0, 0.05) is 13.7 Å². The van der Waals surface area contributed by atoms with E-state index >= 15 is 0 Å². The van der Waals surface area contributed by atoms with Crippen LogP contribution in [0.3, 0.4) is 0 Å². The van der Waals surface area contributed by atoms with Crippen LogP contribution in [0.5, 0.6) is 5.75 Å². The summed E-state index contributed by atoms with van der Waals surface area (Å²) in [5.41, 5.74) is -0.591. The maximum atomic E-state index is 13.3. The highest BCUT2D eigenvalue weighted by Gasteiger charge is 2.17. The molecule has 1 rings (SSSR count). The molecule has 0 aromatic heterocycles. The Kier molecular flexibility index (Phi) is 5.74. The van der Waals surface area contributed by atoms with Crippen LogP contribution in [0.15, 0.2) is 18.2 Å². The molecule has 2 N–H and O–H groups in total. The molecular weight excluding hydrogens is 257 g/mol. The van der Waals surface area contributed by atoms with Gasteiger partial charge in [-0.2, -0.15) is 0 Å². The third-order valence-electron chi connectivity index (χ3n) is 2.18. The molecule has 0 radical (unpaired) electrons. The van der Waals surface area contributed by atoms with Crippen molar-refractivity contribution >= 4 is 11.9 Å². The van der Waals surface area contributed by atoms with Crippen molar-refractivity contribution in [2.75, 3.05) is 26.9 Å². The summed E-state index contributed by atoms with van der Waals surface area (Å²) in [5.74, 6) is -3.00. The molecule has 19 heavy (non-hydrogen) atoms. The lowest BCUT2D eigenvalue weighted by Gasteiger charge is -2.09. The van der Waals surface area contributed by atoms with Crippen molar-refractivity contribution in [2.24, 2.45) is 0 Å². The number of carbonyl (C=O) groups excluding carboxylic acids is 1. The monoisotopic (exact) mass is 271 g/mol. The third-order valence-corrected chi connectivity index (χ3v) is 2.18. The average Bonchev–Trinajstić information content (AvgIpc) is 2.36. The molecule has 0 fully saturated rings. The summed E-state index contributed by atoms with van der Waals surface area (Å²) in [6.07, 6.45) is 0. The predicted octanol–water partition coefficient (Wildman–Crippen LogP) is 0.665. The molecule has 0 heterocycles. The highest BCUT2D eigenvalue weighted by Crippen LogP contribution is 2.21. The summed E-state index contributed by atoms with van der Waals surface area (Å²) >= 11 is 0. The molecule has 0 bridgehead atoms. The van der Waals surface area contributed by atoms with Gasteiger partial charge < -0.3 is 19.9 Å². The van der Waals surface area contributed by atoms with Crippen LogP contribution in [0.1, 0.15) is 10.4 Å². The van der Waals surface area contributed by atoms with Crippen LogP contribution in [-0.2, 0) is 9.53 Å². The fraction of sp³-hybridized carbons (Fsp3) is 0.333. The van der Waals surface area contributed by atoms with E-state index in [4.69, 9.17) is 14.6 Å². The lowest BCUT2D eigenvalue weighted by Crippen LogP contribution is -2.31. The minimum Gasteiger partial charge on any atom is -0.483 e. The molecule has 0 saturated heterocycles. The van der Waals surface area contributed by atoms with E-state index in [1.807, 2.05) is 0 Å². The number of hydrogen-bond acceptors (Lipinski definition) is 4. The van der Waals surface area contributed by atoms with E-state index in [0.717, 1.165) is 6.07 Å². The first-order valence-corrected chi connectivity index (χ1v) is 5.46. The Morgan fingerprint density at radius 3 is 2.79 bits per heavy atom. The first-order valence-electron chi connectivity index (χ1n) is 5.46. The largest absolute Gasteiger partial charge is 0.483 e. The van der Waals surface area contributed by atoms with E-state index in [9.17, 15) is 14.0 Å². The molecule has 6 nitrogen and oxygen atoms in total. The number of carboxylic acids is 1. The standard InChI is InChI=1S/C12H14FNO5/c1-18-6-5-14-10(15)7-19-9-4-2-3-8(13)11(9)12(16)17/h2-4H,5-7H2,1H3,(H,14,15)(H,16,17). The van der Waals surface area contributed by atoms with E-state index in [0.29, 0.717) is 13.2 Å². The number of carbonyl (C=O) groups is 2. The Morgan fingerprint density at radius 1 is 1.42 bits per heavy atom. The maximum absolute atomic E-state index is 13.3. The third kappa shape index (κ3) is 4.55. The molecular formula is C12H14FNO5. The highest BCUT2D eigenvalue weighted by atomic mass is 19.1. The topological polar surface area (TPSA) is 84.9 Å². The number of ether oxygens (including phenoxy) is 2. The van der Waals surface area contributed by atoms with Gasteiger partial charge >= 0.3 is 5.97 Å². The van der Waals surface area contributed by atoms with Crippen LogP contribution in [0, 0.1) is 5.82 Å². The molecule has 1 aromatic rings. The van der Waals surface area contributed by atoms with E-state index in [-0.39, 0.29) is 5.75 Å². The van der Waals surface area contributed by atoms with Crippen molar-refractivity contribution in [2.45, 2.75) is 0 Å². The van der Waals surface area contributed by atoms with Crippen LogP contribution in [0.2, 0.25) is 0 Å². The number of carboxylic acid groups (broad SMARTS) is 1. The van der Waals surface area contributed by atoms with Gasteiger partial charge in [-0.1, -0.05) is 6.07 Å². The predicted molar refractivity (Wildman–Crippen MR) is 63.7 cm³/mol. The molecule has 0 aliphatic rings. The molecule has 7 heteroatoms. The lowest BCUT2D eigenvalue weighted by atomic mass is 10.2. The Balaban J connectivity index is 2.60. The van der Waals surface area contributed by atoms with Gasteiger partial charge in [0.2, 0.25) is 0 Å². The molecule has 0 atom stereocenters. The number of rotatable bonds is 7. The maximum Gasteiger partial charge on any atom is 0.342 e. The van der Waals surface area contributed by atoms with Gasteiger partial charge in [-0.15, -0.1) is 0 Å². The zero-order valence-electron chi connectivity index (χ0n) is 10.3. The van der Waals surface area contributed by atoms with Crippen molar-refractivity contribution in [1.29, 1.82) is 0 Å². The molecule has 0 aliphatic carbocycles. The lowest BCUT2D eigenvalue weighted by molar-refractivity contribution is -0.123. The second-order valence-corrected chi connectivity index (χ2v) is 3.55. The fourth-order valence-corrected chi connectivity index (χ4v) is 1.32.